The summed E-state index contributed by atoms with van der Waals surface area (Å²) in [6.45, 7) is 28.3. The molecule has 0 saturated heterocycles. The molecule has 16 nitrogen and oxygen atoms in total. The van der Waals surface area contributed by atoms with Crippen molar-refractivity contribution in [2.75, 3.05) is 18.0 Å². The molecule has 8 bridgehead atoms. The van der Waals surface area contributed by atoms with Gasteiger partial charge in [0.15, 0.2) is 17.9 Å². The van der Waals surface area contributed by atoms with Gasteiger partial charge in [-0.15, -0.1) is 0 Å². The standard InChI is InChI=1S/C48H52N2O6.C32H34N4O4/c1-27(2)47(53)55-35(11)33(9)49(41-23-13-29(5)25-31(41)7)39-19-15-37(16-20-39)43-45(51)44(46(43)52)38-17-21-40(22-18-38)50(42-24-14-30(6)26-32(42)8)34(10)36(12)56-48(54)28(3)4;37-29-25-3-1-4-26(15-25)30(38)34-18-22-9-13-24(14-10-22)20-36-32(40)28-6-2-5-27(16-28)31(39)35-19-23-11-7-21(8-12-23)17-33-29/h13-26,33-36H,1,3H2,2,4-12H3;1-8,11-12,15-16,22,24H,9-10,13-14,17-20H2,(H,33,37)(H,34,38)(H,35,39)(H,36,40). The van der Waals surface area contributed by atoms with Crippen molar-refractivity contribution in [1.29, 1.82) is 0 Å². The number of ketones is 1. The molecule has 96 heavy (non-hydrogen) atoms. The number of esters is 2. The number of carbonyl (C=O) groups is 7. The summed E-state index contributed by atoms with van der Waals surface area (Å²) in [6, 6.07) is 40.3. The third-order valence-electron chi connectivity index (χ3n) is 18.2. The molecule has 0 aromatic heterocycles. The van der Waals surface area contributed by atoms with E-state index < -0.39 is 24.1 Å². The Balaban J connectivity index is 0.000000238. The summed E-state index contributed by atoms with van der Waals surface area (Å²) in [6.07, 6.45) is 10.3. The Morgan fingerprint density at radius 2 is 0.979 bits per heavy atom. The zero-order chi connectivity index (χ0) is 69.1. The molecule has 1 saturated carbocycles. The second-order valence-electron chi connectivity index (χ2n) is 25.7. The van der Waals surface area contributed by atoms with Crippen molar-refractivity contribution in [3.63, 3.8) is 0 Å². The van der Waals surface area contributed by atoms with Crippen LogP contribution in [0.15, 0.2) is 199 Å². The van der Waals surface area contributed by atoms with Crippen molar-refractivity contribution in [1.82, 2.24) is 21.3 Å². The average molecular weight is 1290 g/mol. The highest BCUT2D eigenvalue weighted by Crippen LogP contribution is 2.40. The first-order valence-electron chi connectivity index (χ1n) is 32.8. The van der Waals surface area contributed by atoms with Gasteiger partial charge in [-0.2, -0.15) is 4.58 Å². The summed E-state index contributed by atoms with van der Waals surface area (Å²) in [7, 11) is 0. The summed E-state index contributed by atoms with van der Waals surface area (Å²) in [4.78, 5) is 91.8. The summed E-state index contributed by atoms with van der Waals surface area (Å²) < 4.78 is 13.6. The Morgan fingerprint density at radius 1 is 0.531 bits per heavy atom. The molecule has 4 amide bonds. The maximum atomic E-state index is 13.7. The molecule has 6 aromatic rings. The Morgan fingerprint density at radius 3 is 1.43 bits per heavy atom. The Hall–Kier alpha value is -10.5. The highest BCUT2D eigenvalue weighted by atomic mass is 16.5. The predicted octanol–water partition coefficient (Wildman–Crippen LogP) is 12.5. The topological polar surface area (TPSA) is 215 Å². The van der Waals surface area contributed by atoms with E-state index in [0.29, 0.717) is 82.6 Å². The number of nitrogens with zero attached hydrogens (tertiary/aromatic N) is 2. The third-order valence-corrected chi connectivity index (χ3v) is 18.2. The first kappa shape index (κ1) is 69.9. The highest BCUT2D eigenvalue weighted by molar-refractivity contribution is 6.39. The van der Waals surface area contributed by atoms with E-state index in [4.69, 9.17) is 9.47 Å². The molecule has 3 aliphatic carbocycles. The van der Waals surface area contributed by atoms with Crippen LogP contribution in [0.4, 0.5) is 17.1 Å². The minimum absolute atomic E-state index is 0.143. The molecule has 1 fully saturated rings. The fourth-order valence-electron chi connectivity index (χ4n) is 12.3. The van der Waals surface area contributed by atoms with Gasteiger partial charge in [0.2, 0.25) is 11.4 Å². The molecule has 4 aliphatic heterocycles. The van der Waals surface area contributed by atoms with E-state index in [1.165, 1.54) is 0 Å². The first-order valence-corrected chi connectivity index (χ1v) is 32.8. The molecule has 4 N–H and O–H groups in total. The van der Waals surface area contributed by atoms with Crippen LogP contribution in [0.2, 0.25) is 0 Å². The molecule has 4 heterocycles. The molecule has 0 spiro atoms. The largest absolute Gasteiger partial charge is 0.871 e. The fraction of sp³-hybridized carbons (Fsp3) is 0.300. The van der Waals surface area contributed by atoms with E-state index in [9.17, 15) is 38.7 Å². The summed E-state index contributed by atoms with van der Waals surface area (Å²) in [5.74, 6) is -1.64. The molecule has 4 atom stereocenters. The number of ether oxygens (including phenoxy) is 2. The fourth-order valence-corrected chi connectivity index (χ4v) is 12.3. The van der Waals surface area contributed by atoms with Crippen molar-refractivity contribution in [3.05, 3.63) is 260 Å². The lowest BCUT2D eigenvalue weighted by Gasteiger charge is -2.36. The summed E-state index contributed by atoms with van der Waals surface area (Å²) >= 11 is 0. The zero-order valence-corrected chi connectivity index (χ0v) is 56.5. The minimum atomic E-state index is -0.481. The van der Waals surface area contributed by atoms with E-state index in [-0.39, 0.29) is 58.4 Å². The molecule has 7 aliphatic rings. The van der Waals surface area contributed by atoms with Crippen LogP contribution in [0.1, 0.15) is 148 Å². The van der Waals surface area contributed by atoms with Gasteiger partial charge in [-0.05, 0) is 200 Å². The van der Waals surface area contributed by atoms with Crippen LogP contribution in [0.5, 0.6) is 0 Å². The number of hydrogen-bond acceptors (Lipinski definition) is 11. The zero-order valence-electron chi connectivity index (χ0n) is 56.5. The number of anilines is 2. The SMILES string of the molecule is C=C(C)C(=O)OC(C)C(C)N(c1ccc(C2=C([O-])C(=C3C=CC(=[N+](c4ccc(C)cc4C)C(C)C(C)OC(=O)C(=C)C)C=C3)C2=O)cc1)c1ccc(C)cc1C.O=C1NCc2ccc(cc2)CNC(=O)c2cccc(c2)C(=O)NCC2CCC(CC2)CNC(=O)c2cccc1c2. The molecular formula is C80H86N6O10. The van der Waals surface area contributed by atoms with Gasteiger partial charge in [-0.3, -0.25) is 24.0 Å². The molecular weight excluding hydrogens is 1200 g/mol. The summed E-state index contributed by atoms with van der Waals surface area (Å²) in [5, 5.41) is 25.6. The van der Waals surface area contributed by atoms with Crippen molar-refractivity contribution in [2.45, 2.75) is 132 Å². The minimum Gasteiger partial charge on any atom is -0.871 e. The van der Waals surface area contributed by atoms with Gasteiger partial charge in [0.25, 0.3) is 23.6 Å². The van der Waals surface area contributed by atoms with Gasteiger partial charge in [-0.1, -0.05) is 96.8 Å². The van der Waals surface area contributed by atoms with Crippen LogP contribution in [-0.2, 0) is 36.9 Å². The second-order valence-corrected chi connectivity index (χ2v) is 25.7. The lowest BCUT2D eigenvalue weighted by atomic mass is 9.80. The molecule has 6 aromatic carbocycles. The summed E-state index contributed by atoms with van der Waals surface area (Å²) in [5.41, 5.74) is 13.5. The van der Waals surface area contributed by atoms with Crippen LogP contribution in [-0.4, -0.2) is 89.0 Å². The van der Waals surface area contributed by atoms with Gasteiger partial charge in [0, 0.05) is 113 Å². The van der Waals surface area contributed by atoms with Crippen LogP contribution >= 0.6 is 0 Å². The van der Waals surface area contributed by atoms with Crippen LogP contribution < -0.4 is 31.3 Å². The second kappa shape index (κ2) is 31.2. The maximum Gasteiger partial charge on any atom is 0.333 e. The van der Waals surface area contributed by atoms with E-state index in [1.807, 2.05) is 128 Å². The van der Waals surface area contributed by atoms with E-state index in [1.54, 1.807) is 86.7 Å². The van der Waals surface area contributed by atoms with E-state index in [0.717, 1.165) is 81.8 Å². The number of allylic oxidation sites excluding steroid dienone is 7. The normalized spacial score (nSPS) is 17.9. The van der Waals surface area contributed by atoms with Crippen LogP contribution in [0, 0.1) is 39.5 Å². The Kier molecular flexibility index (Phi) is 22.7. The van der Waals surface area contributed by atoms with E-state index >= 15 is 0 Å². The number of rotatable bonds is 12. The number of benzene rings is 6. The number of amides is 4. The van der Waals surface area contributed by atoms with Crippen molar-refractivity contribution in [3.8, 4) is 0 Å². The van der Waals surface area contributed by atoms with Gasteiger partial charge in [0.1, 0.15) is 6.10 Å². The van der Waals surface area contributed by atoms with Gasteiger partial charge >= 0.3 is 11.9 Å². The molecule has 496 valence electrons. The van der Waals surface area contributed by atoms with Gasteiger partial charge in [-0.25, -0.2) is 9.59 Å². The lowest BCUT2D eigenvalue weighted by molar-refractivity contribution is -0.491. The number of hydrogen-bond donors (Lipinski definition) is 4. The number of nitrogens with one attached hydrogen (secondary N) is 4. The lowest BCUT2D eigenvalue weighted by Crippen LogP contribution is -2.40. The Bertz CT molecular complexity index is 4080. The monoisotopic (exact) mass is 1290 g/mol. The van der Waals surface area contributed by atoms with Gasteiger partial charge < -0.3 is 40.7 Å². The van der Waals surface area contributed by atoms with Crippen molar-refractivity contribution in [2.24, 2.45) is 11.8 Å². The molecule has 4 unspecified atom stereocenters. The maximum absolute atomic E-state index is 13.7. The Labute approximate surface area is 563 Å². The van der Waals surface area contributed by atoms with Crippen molar-refractivity contribution < 1.29 is 52.7 Å². The predicted molar refractivity (Wildman–Crippen MR) is 374 cm³/mol. The smallest absolute Gasteiger partial charge is 0.333 e. The number of carbonyl (C=O) groups excluding carboxylic acids is 7. The number of Topliss-reactive ketones (excluding diaryl/α,β-unsaturated/α-hetero) is 1. The quantitative estimate of drug-likeness (QED) is 0.0513. The highest BCUT2D eigenvalue weighted by Gasteiger charge is 2.35. The van der Waals surface area contributed by atoms with E-state index in [2.05, 4.69) is 56.0 Å². The van der Waals surface area contributed by atoms with Crippen molar-refractivity contribution >= 4 is 69.7 Å². The van der Waals surface area contributed by atoms with Gasteiger partial charge in [0.05, 0.1) is 6.04 Å². The third kappa shape index (κ3) is 16.9. The van der Waals surface area contributed by atoms with Crippen LogP contribution in [0.3, 0.4) is 0 Å². The first-order chi connectivity index (χ1) is 45.8. The molecule has 13 rings (SSSR count). The number of aryl methyl sites for hydroxylation is 4. The van der Waals surface area contributed by atoms with Crippen LogP contribution in [0.25, 0.3) is 5.57 Å². The average Bonchev–Trinajstić information content (AvgIpc) is 0.743. The molecule has 16 heteroatoms. The molecule has 0 radical (unpaired) electrons.